The van der Waals surface area contributed by atoms with Crippen molar-refractivity contribution in [1.29, 1.82) is 0 Å². The molecule has 0 radical (unpaired) electrons. The van der Waals surface area contributed by atoms with E-state index in [1.807, 2.05) is 6.07 Å². The number of rotatable bonds is 6. The Kier molecular flexibility index (Phi) is 5.75. The van der Waals surface area contributed by atoms with Gasteiger partial charge in [-0.2, -0.15) is 0 Å². The van der Waals surface area contributed by atoms with Crippen LogP contribution in [0.4, 0.5) is 5.69 Å². The quantitative estimate of drug-likeness (QED) is 0.331. The molecule has 1 unspecified atom stereocenters. The number of nitrogens with zero attached hydrogens (tertiary/aromatic N) is 2. The summed E-state index contributed by atoms with van der Waals surface area (Å²) in [6, 6.07) is 9.55. The third-order valence-corrected chi connectivity index (χ3v) is 5.92. The third kappa shape index (κ3) is 5.55. The van der Waals surface area contributed by atoms with E-state index < -0.39 is 14.8 Å². The molecule has 2 heterocycles. The molecular weight excluding hydrogens is 372 g/mol. The van der Waals surface area contributed by atoms with Crippen LogP contribution in [0.3, 0.4) is 0 Å². The Hall–Kier alpha value is -2.88. The first-order valence-electron chi connectivity index (χ1n) is 8.42. The standard InChI is InChI=1S/C17H20N4O5S/c22-21(23)15-5-3-13(4-6-15)10-18-17(19-11-16-2-1-8-26-16)20-14-7-9-27(24,25)12-14/h1-6,8,14H,7,9-12H2,(H2,18,19,20). The summed E-state index contributed by atoms with van der Waals surface area (Å²) in [5.74, 6) is 1.43. The molecule has 10 heteroatoms. The van der Waals surface area contributed by atoms with Gasteiger partial charge in [0, 0.05) is 18.2 Å². The molecule has 1 aliphatic rings. The monoisotopic (exact) mass is 392 g/mol. The summed E-state index contributed by atoms with van der Waals surface area (Å²) in [6.45, 7) is 0.698. The second-order valence-electron chi connectivity index (χ2n) is 6.27. The van der Waals surface area contributed by atoms with Gasteiger partial charge in [-0.3, -0.25) is 10.1 Å². The Bertz CT molecular complexity index is 907. The molecule has 144 valence electrons. The highest BCUT2D eigenvalue weighted by atomic mass is 32.2. The Balaban J connectivity index is 1.67. The van der Waals surface area contributed by atoms with Crippen LogP contribution >= 0.6 is 0 Å². The van der Waals surface area contributed by atoms with Gasteiger partial charge in [0.1, 0.15) is 5.76 Å². The van der Waals surface area contributed by atoms with Gasteiger partial charge in [-0.1, -0.05) is 12.1 Å². The Morgan fingerprint density at radius 3 is 2.67 bits per heavy atom. The van der Waals surface area contributed by atoms with E-state index in [-0.39, 0.29) is 23.2 Å². The molecule has 1 atom stereocenters. The van der Waals surface area contributed by atoms with E-state index in [1.54, 1.807) is 24.5 Å². The lowest BCUT2D eigenvalue weighted by molar-refractivity contribution is -0.384. The number of nitro benzene ring substituents is 1. The van der Waals surface area contributed by atoms with Crippen molar-refractivity contribution in [2.45, 2.75) is 25.6 Å². The molecule has 1 aromatic heterocycles. The molecule has 0 saturated carbocycles. The number of guanidine groups is 1. The van der Waals surface area contributed by atoms with Crippen LogP contribution in [0, 0.1) is 10.1 Å². The number of sulfone groups is 1. The highest BCUT2D eigenvalue weighted by Gasteiger charge is 2.28. The molecule has 3 rings (SSSR count). The third-order valence-electron chi connectivity index (χ3n) is 4.15. The first kappa shape index (κ1) is 18.9. The zero-order valence-electron chi connectivity index (χ0n) is 14.5. The SMILES string of the molecule is O=[N+]([O-])c1ccc(CN=C(NCc2ccco2)NC2CCS(=O)(=O)C2)cc1. The average molecular weight is 392 g/mol. The van der Waals surface area contributed by atoms with Crippen molar-refractivity contribution < 1.29 is 17.8 Å². The zero-order valence-corrected chi connectivity index (χ0v) is 15.3. The lowest BCUT2D eigenvalue weighted by atomic mass is 10.2. The summed E-state index contributed by atoms with van der Waals surface area (Å²) in [7, 11) is -3.01. The summed E-state index contributed by atoms with van der Waals surface area (Å²) in [6.07, 6.45) is 2.10. The van der Waals surface area contributed by atoms with Gasteiger partial charge in [0.05, 0.1) is 35.8 Å². The first-order valence-corrected chi connectivity index (χ1v) is 10.2. The van der Waals surface area contributed by atoms with E-state index in [9.17, 15) is 18.5 Å². The summed E-state index contributed by atoms with van der Waals surface area (Å²) < 4.78 is 28.6. The molecule has 1 aliphatic heterocycles. The van der Waals surface area contributed by atoms with Crippen molar-refractivity contribution in [3.05, 3.63) is 64.1 Å². The van der Waals surface area contributed by atoms with Gasteiger partial charge in [0.25, 0.3) is 5.69 Å². The van der Waals surface area contributed by atoms with Crippen molar-refractivity contribution in [3.63, 3.8) is 0 Å². The van der Waals surface area contributed by atoms with Crippen LogP contribution in [0.5, 0.6) is 0 Å². The molecule has 0 aliphatic carbocycles. The molecule has 0 spiro atoms. The van der Waals surface area contributed by atoms with E-state index in [1.165, 1.54) is 12.1 Å². The van der Waals surface area contributed by atoms with Crippen LogP contribution in [0.2, 0.25) is 0 Å². The first-order chi connectivity index (χ1) is 12.9. The largest absolute Gasteiger partial charge is 0.467 e. The number of hydrogen-bond donors (Lipinski definition) is 2. The minimum Gasteiger partial charge on any atom is -0.467 e. The minimum atomic E-state index is -3.01. The van der Waals surface area contributed by atoms with Gasteiger partial charge in [-0.05, 0) is 24.1 Å². The van der Waals surface area contributed by atoms with Crippen LogP contribution < -0.4 is 10.6 Å². The van der Waals surface area contributed by atoms with E-state index >= 15 is 0 Å². The molecular formula is C17H20N4O5S. The van der Waals surface area contributed by atoms with Crippen LogP contribution in [0.1, 0.15) is 17.7 Å². The number of furan rings is 1. The maximum absolute atomic E-state index is 11.7. The number of nitro groups is 1. The van der Waals surface area contributed by atoms with E-state index in [0.717, 1.165) is 11.3 Å². The Morgan fingerprint density at radius 1 is 1.30 bits per heavy atom. The Labute approximate surface area is 156 Å². The Morgan fingerprint density at radius 2 is 2.07 bits per heavy atom. The average Bonchev–Trinajstić information content (AvgIpc) is 3.27. The molecule has 0 amide bonds. The van der Waals surface area contributed by atoms with Crippen molar-refractivity contribution >= 4 is 21.5 Å². The van der Waals surface area contributed by atoms with Gasteiger partial charge in [-0.25, -0.2) is 13.4 Å². The van der Waals surface area contributed by atoms with Crippen LogP contribution in [-0.2, 0) is 22.9 Å². The molecule has 1 aromatic carbocycles. The number of aliphatic imine (C=N–C) groups is 1. The second-order valence-corrected chi connectivity index (χ2v) is 8.49. The minimum absolute atomic E-state index is 0.0215. The number of hydrogen-bond acceptors (Lipinski definition) is 6. The summed E-state index contributed by atoms with van der Waals surface area (Å²) in [5.41, 5.74) is 0.826. The molecule has 1 fully saturated rings. The van der Waals surface area contributed by atoms with Crippen molar-refractivity contribution in [1.82, 2.24) is 10.6 Å². The summed E-state index contributed by atoms with van der Waals surface area (Å²) >= 11 is 0. The van der Waals surface area contributed by atoms with E-state index in [2.05, 4.69) is 15.6 Å². The normalized spacial score (nSPS) is 19.0. The molecule has 2 aromatic rings. The van der Waals surface area contributed by atoms with Crippen LogP contribution in [-0.4, -0.2) is 36.8 Å². The topological polar surface area (TPSA) is 127 Å². The number of nitrogens with one attached hydrogen (secondary N) is 2. The lowest BCUT2D eigenvalue weighted by Crippen LogP contribution is -2.43. The van der Waals surface area contributed by atoms with E-state index in [0.29, 0.717) is 25.5 Å². The second kappa shape index (κ2) is 8.21. The van der Waals surface area contributed by atoms with Gasteiger partial charge < -0.3 is 15.1 Å². The van der Waals surface area contributed by atoms with E-state index in [4.69, 9.17) is 4.42 Å². The van der Waals surface area contributed by atoms with Crippen LogP contribution in [0.15, 0.2) is 52.1 Å². The van der Waals surface area contributed by atoms with Gasteiger partial charge in [0.2, 0.25) is 0 Å². The molecule has 2 N–H and O–H groups in total. The van der Waals surface area contributed by atoms with Gasteiger partial charge in [-0.15, -0.1) is 0 Å². The van der Waals surface area contributed by atoms with Crippen molar-refractivity contribution in [2.24, 2.45) is 4.99 Å². The fourth-order valence-corrected chi connectivity index (χ4v) is 4.41. The fraction of sp³-hybridized carbons (Fsp3) is 0.353. The predicted molar refractivity (Wildman–Crippen MR) is 100.0 cm³/mol. The summed E-state index contributed by atoms with van der Waals surface area (Å²) in [5, 5.41) is 17.0. The maximum Gasteiger partial charge on any atom is 0.269 e. The smallest absolute Gasteiger partial charge is 0.269 e. The highest BCUT2D eigenvalue weighted by Crippen LogP contribution is 2.13. The number of non-ortho nitro benzene ring substituents is 1. The van der Waals surface area contributed by atoms with Gasteiger partial charge in [0.15, 0.2) is 15.8 Å². The predicted octanol–water partition coefficient (Wildman–Crippen LogP) is 1.61. The maximum atomic E-state index is 11.7. The van der Waals surface area contributed by atoms with Crippen LogP contribution in [0.25, 0.3) is 0 Å². The van der Waals surface area contributed by atoms with Gasteiger partial charge >= 0.3 is 0 Å². The molecule has 27 heavy (non-hydrogen) atoms. The summed E-state index contributed by atoms with van der Waals surface area (Å²) in [4.78, 5) is 14.7. The molecule has 1 saturated heterocycles. The zero-order chi connectivity index (χ0) is 19.3. The fourth-order valence-electron chi connectivity index (χ4n) is 2.73. The highest BCUT2D eigenvalue weighted by molar-refractivity contribution is 7.91. The number of benzene rings is 1. The molecule has 9 nitrogen and oxygen atoms in total. The van der Waals surface area contributed by atoms with Crippen molar-refractivity contribution in [2.75, 3.05) is 11.5 Å². The van der Waals surface area contributed by atoms with Crippen molar-refractivity contribution in [3.8, 4) is 0 Å². The molecule has 0 bridgehead atoms. The lowest BCUT2D eigenvalue weighted by Gasteiger charge is -2.16.